The number of rotatable bonds is 3. The molecule has 0 aliphatic rings. The molecule has 0 aliphatic heterocycles. The van der Waals surface area contributed by atoms with Gasteiger partial charge in [0.2, 0.25) is 0 Å². The van der Waals surface area contributed by atoms with Crippen LogP contribution in [0.3, 0.4) is 0 Å². The second kappa shape index (κ2) is 6.40. The van der Waals surface area contributed by atoms with Crippen molar-refractivity contribution in [1.29, 1.82) is 0 Å². The third kappa shape index (κ3) is 3.10. The number of aromatic nitrogens is 2. The zero-order valence-corrected chi connectivity index (χ0v) is 15.5. The van der Waals surface area contributed by atoms with Gasteiger partial charge in [0, 0.05) is 28.0 Å². The van der Waals surface area contributed by atoms with Gasteiger partial charge in [0.15, 0.2) is 0 Å². The van der Waals surface area contributed by atoms with E-state index in [9.17, 15) is 4.79 Å². The average Bonchev–Trinajstić information content (AvgIpc) is 2.97. The fourth-order valence-corrected chi connectivity index (χ4v) is 3.59. The molecule has 0 spiro atoms. The van der Waals surface area contributed by atoms with E-state index in [0.717, 1.165) is 44.9 Å². The Morgan fingerprint density at radius 1 is 0.852 bits per heavy atom. The van der Waals surface area contributed by atoms with E-state index in [0.29, 0.717) is 5.56 Å². The molecule has 0 radical (unpaired) electrons. The van der Waals surface area contributed by atoms with Crippen LogP contribution in [0.1, 0.15) is 27.3 Å². The number of aromatic amines is 1. The number of H-pyrrole nitrogens is 1. The minimum absolute atomic E-state index is 0.290. The molecule has 4 aromatic rings. The number of fused-ring (bicyclic) bond motifs is 1. The van der Waals surface area contributed by atoms with Crippen molar-refractivity contribution in [1.82, 2.24) is 9.97 Å². The van der Waals surface area contributed by atoms with Crippen molar-refractivity contribution in [3.05, 3.63) is 77.1 Å². The number of aromatic carboxylic acids is 1. The molecule has 2 aromatic heterocycles. The summed E-state index contributed by atoms with van der Waals surface area (Å²) in [6.07, 6.45) is 0. The predicted octanol–water partition coefficient (Wildman–Crippen LogP) is 5.52. The molecule has 134 valence electrons. The Bertz CT molecular complexity index is 1150. The van der Waals surface area contributed by atoms with E-state index in [4.69, 9.17) is 5.11 Å². The van der Waals surface area contributed by atoms with E-state index in [1.165, 1.54) is 5.39 Å². The lowest BCUT2D eigenvalue weighted by atomic mass is 10.0. The van der Waals surface area contributed by atoms with Gasteiger partial charge in [-0.15, -0.1) is 0 Å². The van der Waals surface area contributed by atoms with E-state index in [1.807, 2.05) is 26.0 Å². The maximum absolute atomic E-state index is 11.1. The Balaban J connectivity index is 1.80. The van der Waals surface area contributed by atoms with Crippen LogP contribution < -0.4 is 0 Å². The van der Waals surface area contributed by atoms with E-state index in [-0.39, 0.29) is 0 Å². The Hall–Kier alpha value is -3.40. The van der Waals surface area contributed by atoms with Gasteiger partial charge in [-0.2, -0.15) is 0 Å². The van der Waals surface area contributed by atoms with Crippen LogP contribution >= 0.6 is 0 Å². The summed E-state index contributed by atoms with van der Waals surface area (Å²) in [6, 6.07) is 17.6. The summed E-state index contributed by atoms with van der Waals surface area (Å²) in [6.45, 7) is 6.10. The molecule has 4 heteroatoms. The fourth-order valence-electron chi connectivity index (χ4n) is 3.59. The molecule has 2 heterocycles. The molecule has 4 rings (SSSR count). The minimum Gasteiger partial charge on any atom is -0.478 e. The summed E-state index contributed by atoms with van der Waals surface area (Å²) in [7, 11) is 0. The Labute approximate surface area is 157 Å². The lowest BCUT2D eigenvalue weighted by molar-refractivity contribution is 0.0697. The standard InChI is InChI=1S/C23H20N2O2/c1-13-10-19(11-14(2)24-13)18-8-9-20-15(3)22(25-21(20)12-18)16-4-6-17(7-5-16)23(26)27/h4-12,25H,1-3H3,(H,26,27). The number of nitrogens with one attached hydrogen (secondary N) is 1. The van der Waals surface area contributed by atoms with Crippen LogP contribution in [0.25, 0.3) is 33.3 Å². The lowest BCUT2D eigenvalue weighted by Gasteiger charge is -2.05. The van der Waals surface area contributed by atoms with Crippen molar-refractivity contribution in [2.75, 3.05) is 0 Å². The molecule has 0 unspecified atom stereocenters. The molecule has 0 saturated heterocycles. The number of nitrogens with zero attached hydrogens (tertiary/aromatic N) is 1. The van der Waals surface area contributed by atoms with Crippen molar-refractivity contribution in [2.45, 2.75) is 20.8 Å². The lowest BCUT2D eigenvalue weighted by Crippen LogP contribution is -1.95. The maximum atomic E-state index is 11.1. The van der Waals surface area contributed by atoms with Gasteiger partial charge in [-0.25, -0.2) is 4.79 Å². The van der Waals surface area contributed by atoms with Crippen LogP contribution in [0.15, 0.2) is 54.6 Å². The topological polar surface area (TPSA) is 66.0 Å². The molecule has 0 amide bonds. The summed E-state index contributed by atoms with van der Waals surface area (Å²) in [5.74, 6) is -0.914. The quantitative estimate of drug-likeness (QED) is 0.508. The van der Waals surface area contributed by atoms with Crippen LogP contribution in [0.4, 0.5) is 0 Å². The van der Waals surface area contributed by atoms with Crippen LogP contribution in [-0.4, -0.2) is 21.0 Å². The third-order valence-corrected chi connectivity index (χ3v) is 4.89. The molecule has 27 heavy (non-hydrogen) atoms. The first-order chi connectivity index (χ1) is 12.9. The number of carboxylic acid groups (broad SMARTS) is 1. The Morgan fingerprint density at radius 3 is 2.11 bits per heavy atom. The van der Waals surface area contributed by atoms with Crippen molar-refractivity contribution in [2.24, 2.45) is 0 Å². The second-order valence-electron chi connectivity index (χ2n) is 6.91. The number of hydrogen-bond acceptors (Lipinski definition) is 2. The molecule has 2 aromatic carbocycles. The first-order valence-electron chi connectivity index (χ1n) is 8.84. The molecule has 0 saturated carbocycles. The number of aryl methyl sites for hydroxylation is 3. The molecule has 0 bridgehead atoms. The van der Waals surface area contributed by atoms with Crippen molar-refractivity contribution < 1.29 is 9.90 Å². The summed E-state index contributed by atoms with van der Waals surface area (Å²) in [4.78, 5) is 19.0. The first kappa shape index (κ1) is 17.0. The predicted molar refractivity (Wildman–Crippen MR) is 108 cm³/mol. The van der Waals surface area contributed by atoms with Gasteiger partial charge in [0.1, 0.15) is 0 Å². The van der Waals surface area contributed by atoms with E-state index in [1.54, 1.807) is 12.1 Å². The summed E-state index contributed by atoms with van der Waals surface area (Å²) in [5.41, 5.74) is 8.81. The zero-order valence-electron chi connectivity index (χ0n) is 15.5. The van der Waals surface area contributed by atoms with Crippen LogP contribution in [0, 0.1) is 20.8 Å². The first-order valence-corrected chi connectivity index (χ1v) is 8.84. The van der Waals surface area contributed by atoms with Gasteiger partial charge < -0.3 is 10.1 Å². The highest BCUT2D eigenvalue weighted by Gasteiger charge is 2.12. The Morgan fingerprint density at radius 2 is 1.48 bits per heavy atom. The van der Waals surface area contributed by atoms with Gasteiger partial charge in [-0.3, -0.25) is 4.98 Å². The number of carboxylic acids is 1. The summed E-state index contributed by atoms with van der Waals surface area (Å²) >= 11 is 0. The van der Waals surface area contributed by atoms with Crippen molar-refractivity contribution >= 4 is 16.9 Å². The number of carbonyl (C=O) groups is 1. The van der Waals surface area contributed by atoms with Gasteiger partial charge >= 0.3 is 5.97 Å². The van der Waals surface area contributed by atoms with E-state index in [2.05, 4.69) is 47.2 Å². The van der Waals surface area contributed by atoms with Gasteiger partial charge in [0.25, 0.3) is 0 Å². The van der Waals surface area contributed by atoms with E-state index < -0.39 is 5.97 Å². The summed E-state index contributed by atoms with van der Waals surface area (Å²) < 4.78 is 0. The molecular weight excluding hydrogens is 336 g/mol. The molecular formula is C23H20N2O2. The monoisotopic (exact) mass is 356 g/mol. The van der Waals surface area contributed by atoms with Crippen LogP contribution in [-0.2, 0) is 0 Å². The van der Waals surface area contributed by atoms with E-state index >= 15 is 0 Å². The molecule has 4 nitrogen and oxygen atoms in total. The SMILES string of the molecule is Cc1cc(-c2ccc3c(C)c(-c4ccc(C(=O)O)cc4)[nH]c3c2)cc(C)n1. The van der Waals surface area contributed by atoms with Gasteiger partial charge in [-0.05, 0) is 73.4 Å². The Kier molecular flexibility index (Phi) is 4.04. The molecule has 0 aliphatic carbocycles. The number of hydrogen-bond donors (Lipinski definition) is 2. The smallest absolute Gasteiger partial charge is 0.335 e. The van der Waals surface area contributed by atoms with Crippen molar-refractivity contribution in [3.8, 4) is 22.4 Å². The highest BCUT2D eigenvalue weighted by molar-refractivity contribution is 5.94. The highest BCUT2D eigenvalue weighted by atomic mass is 16.4. The zero-order chi connectivity index (χ0) is 19.1. The van der Waals surface area contributed by atoms with Gasteiger partial charge in [0.05, 0.1) is 5.56 Å². The van der Waals surface area contributed by atoms with Crippen molar-refractivity contribution in [3.63, 3.8) is 0 Å². The highest BCUT2D eigenvalue weighted by Crippen LogP contribution is 2.32. The summed E-state index contributed by atoms with van der Waals surface area (Å²) in [5, 5.41) is 10.2. The second-order valence-corrected chi connectivity index (χ2v) is 6.91. The van der Waals surface area contributed by atoms with Crippen LogP contribution in [0.5, 0.6) is 0 Å². The molecule has 2 N–H and O–H groups in total. The molecule has 0 atom stereocenters. The average molecular weight is 356 g/mol. The fraction of sp³-hybridized carbons (Fsp3) is 0.130. The largest absolute Gasteiger partial charge is 0.478 e. The van der Waals surface area contributed by atoms with Gasteiger partial charge in [-0.1, -0.05) is 24.3 Å². The van der Waals surface area contributed by atoms with Crippen LogP contribution in [0.2, 0.25) is 0 Å². The third-order valence-electron chi connectivity index (χ3n) is 4.89. The minimum atomic E-state index is -0.914. The number of pyridine rings is 1. The number of benzene rings is 2. The maximum Gasteiger partial charge on any atom is 0.335 e. The molecule has 0 fully saturated rings. The normalized spacial score (nSPS) is 11.1.